The molecule has 8 heteroatoms. The Balaban J connectivity index is 1.86. The van der Waals surface area contributed by atoms with E-state index in [4.69, 9.17) is 0 Å². The molecule has 27 heavy (non-hydrogen) atoms. The summed E-state index contributed by atoms with van der Waals surface area (Å²) < 4.78 is 29.1. The fourth-order valence-electron chi connectivity index (χ4n) is 2.39. The predicted molar refractivity (Wildman–Crippen MR) is 113 cm³/mol. The summed E-state index contributed by atoms with van der Waals surface area (Å²) in [5, 5.41) is 2.67. The number of carbonyl (C=O) groups excluding carboxylic acids is 1. The molecule has 0 radical (unpaired) electrons. The van der Waals surface area contributed by atoms with E-state index in [0.29, 0.717) is 16.9 Å². The van der Waals surface area contributed by atoms with Crippen LogP contribution in [0.5, 0.6) is 0 Å². The van der Waals surface area contributed by atoms with Crippen LogP contribution in [0.4, 0.5) is 11.4 Å². The number of nitrogens with one attached hydrogen (secondary N) is 2. The molecule has 138 valence electrons. The molecule has 0 aliphatic heterocycles. The Morgan fingerprint density at radius 2 is 1.70 bits per heavy atom. The summed E-state index contributed by atoms with van der Waals surface area (Å²) in [7, 11) is -3.80. The second kappa shape index (κ2) is 8.05. The lowest BCUT2D eigenvalue weighted by atomic mass is 10.2. The second-order valence-electron chi connectivity index (χ2n) is 5.76. The topological polar surface area (TPSA) is 88.2 Å². The molecular weight excluding hydrogens is 477 g/mol. The van der Waals surface area contributed by atoms with Crippen molar-refractivity contribution in [3.05, 3.63) is 81.7 Å². The minimum absolute atomic E-state index is 0.0971. The summed E-state index contributed by atoms with van der Waals surface area (Å²) in [5.74, 6) is -0.409. The summed E-state index contributed by atoms with van der Waals surface area (Å²) in [5.41, 5.74) is 1.67. The van der Waals surface area contributed by atoms with Crippen LogP contribution >= 0.6 is 22.6 Å². The van der Waals surface area contributed by atoms with Gasteiger partial charge in [0.05, 0.1) is 4.90 Å². The zero-order valence-electron chi connectivity index (χ0n) is 14.3. The lowest BCUT2D eigenvalue weighted by Gasteiger charge is -2.13. The zero-order chi connectivity index (χ0) is 19.4. The van der Waals surface area contributed by atoms with Crippen molar-refractivity contribution in [1.29, 1.82) is 0 Å². The average Bonchev–Trinajstić information content (AvgIpc) is 2.65. The fourth-order valence-corrected chi connectivity index (χ4v) is 4.08. The number of sulfonamides is 1. The number of benzene rings is 2. The Morgan fingerprint density at radius 1 is 1.00 bits per heavy atom. The molecule has 1 aromatic heterocycles. The molecule has 0 saturated heterocycles. The normalized spacial score (nSPS) is 11.0. The maximum atomic E-state index is 12.8. The van der Waals surface area contributed by atoms with Crippen LogP contribution in [0.3, 0.4) is 0 Å². The molecule has 0 aliphatic rings. The van der Waals surface area contributed by atoms with Crippen LogP contribution in [0.2, 0.25) is 0 Å². The van der Waals surface area contributed by atoms with E-state index >= 15 is 0 Å². The van der Waals surface area contributed by atoms with E-state index in [9.17, 15) is 13.2 Å². The molecule has 2 N–H and O–H groups in total. The first-order chi connectivity index (χ1) is 12.8. The Hall–Kier alpha value is -2.46. The number of rotatable bonds is 5. The highest BCUT2D eigenvalue weighted by Crippen LogP contribution is 2.23. The van der Waals surface area contributed by atoms with Crippen LogP contribution in [-0.2, 0) is 10.0 Å². The number of halogens is 1. The predicted octanol–water partition coefficient (Wildman–Crippen LogP) is 4.05. The highest BCUT2D eigenvalue weighted by Gasteiger charge is 2.18. The first-order valence-electron chi connectivity index (χ1n) is 7.96. The number of pyridine rings is 1. The van der Waals surface area contributed by atoms with Gasteiger partial charge in [-0.05, 0) is 83.6 Å². The standard InChI is InChI=1S/C19H16IN3O3S/c1-13-5-8-16(22-19(24)17-4-2-3-11-21-17)12-18(13)27(25,26)23-15-9-6-14(20)7-10-15/h2-12,23H,1H3,(H,22,24). The minimum atomic E-state index is -3.80. The van der Waals surface area contributed by atoms with Gasteiger partial charge in [-0.1, -0.05) is 12.1 Å². The van der Waals surface area contributed by atoms with Gasteiger partial charge in [-0.3, -0.25) is 14.5 Å². The van der Waals surface area contributed by atoms with Crippen molar-refractivity contribution in [3.63, 3.8) is 0 Å². The number of anilines is 2. The fraction of sp³-hybridized carbons (Fsp3) is 0.0526. The molecule has 0 bridgehead atoms. The van der Waals surface area contributed by atoms with Crippen molar-refractivity contribution in [2.45, 2.75) is 11.8 Å². The van der Waals surface area contributed by atoms with Gasteiger partial charge in [0.15, 0.2) is 0 Å². The minimum Gasteiger partial charge on any atom is -0.321 e. The summed E-state index contributed by atoms with van der Waals surface area (Å²) in [6, 6.07) is 16.8. The highest BCUT2D eigenvalue weighted by atomic mass is 127. The van der Waals surface area contributed by atoms with E-state index in [-0.39, 0.29) is 10.6 Å². The Morgan fingerprint density at radius 3 is 2.37 bits per heavy atom. The van der Waals surface area contributed by atoms with Crippen LogP contribution in [-0.4, -0.2) is 19.3 Å². The van der Waals surface area contributed by atoms with E-state index < -0.39 is 15.9 Å². The van der Waals surface area contributed by atoms with Gasteiger partial charge in [-0.2, -0.15) is 0 Å². The zero-order valence-corrected chi connectivity index (χ0v) is 17.3. The lowest BCUT2D eigenvalue weighted by Crippen LogP contribution is -2.16. The third kappa shape index (κ3) is 4.83. The molecule has 6 nitrogen and oxygen atoms in total. The summed E-state index contributed by atoms with van der Waals surface area (Å²) >= 11 is 2.15. The summed E-state index contributed by atoms with van der Waals surface area (Å²) in [4.78, 5) is 16.3. The number of carbonyl (C=O) groups is 1. The molecule has 2 aromatic carbocycles. The molecule has 0 unspecified atom stereocenters. The van der Waals surface area contributed by atoms with Gasteiger partial charge in [-0.15, -0.1) is 0 Å². The van der Waals surface area contributed by atoms with Crippen LogP contribution < -0.4 is 10.0 Å². The third-order valence-electron chi connectivity index (χ3n) is 3.73. The Bertz CT molecular complexity index is 1070. The number of aromatic nitrogens is 1. The van der Waals surface area contributed by atoms with Crippen molar-refractivity contribution in [1.82, 2.24) is 4.98 Å². The second-order valence-corrected chi connectivity index (χ2v) is 8.66. The van der Waals surface area contributed by atoms with Crippen LogP contribution in [0.1, 0.15) is 16.1 Å². The lowest BCUT2D eigenvalue weighted by molar-refractivity contribution is 0.102. The summed E-state index contributed by atoms with van der Waals surface area (Å²) in [6.07, 6.45) is 1.52. The van der Waals surface area contributed by atoms with Gasteiger partial charge in [0.2, 0.25) is 0 Å². The molecule has 1 heterocycles. The van der Waals surface area contributed by atoms with Crippen molar-refractivity contribution in [2.75, 3.05) is 10.0 Å². The smallest absolute Gasteiger partial charge is 0.274 e. The Kier molecular flexibility index (Phi) is 5.76. The third-order valence-corrected chi connectivity index (χ3v) is 5.97. The van der Waals surface area contributed by atoms with Gasteiger partial charge >= 0.3 is 0 Å². The number of nitrogens with zero attached hydrogens (tertiary/aromatic N) is 1. The van der Waals surface area contributed by atoms with Crippen molar-refractivity contribution >= 4 is 49.9 Å². The average molecular weight is 493 g/mol. The molecule has 1 amide bonds. The van der Waals surface area contributed by atoms with E-state index in [1.807, 2.05) is 12.1 Å². The maximum Gasteiger partial charge on any atom is 0.274 e. The van der Waals surface area contributed by atoms with Crippen LogP contribution in [0, 0.1) is 10.5 Å². The van der Waals surface area contributed by atoms with Crippen molar-refractivity contribution in [3.8, 4) is 0 Å². The van der Waals surface area contributed by atoms with E-state index in [0.717, 1.165) is 3.57 Å². The maximum absolute atomic E-state index is 12.8. The molecule has 0 spiro atoms. The first kappa shape index (κ1) is 19.3. The van der Waals surface area contributed by atoms with E-state index in [1.54, 1.807) is 49.4 Å². The van der Waals surface area contributed by atoms with E-state index in [1.165, 1.54) is 12.3 Å². The number of aryl methyl sites for hydroxylation is 1. The molecule has 0 saturated carbocycles. The first-order valence-corrected chi connectivity index (χ1v) is 10.5. The monoisotopic (exact) mass is 493 g/mol. The van der Waals surface area contributed by atoms with Gasteiger partial charge in [0, 0.05) is 21.1 Å². The van der Waals surface area contributed by atoms with Gasteiger partial charge in [-0.25, -0.2) is 8.42 Å². The van der Waals surface area contributed by atoms with Gasteiger partial charge in [0.1, 0.15) is 5.69 Å². The highest BCUT2D eigenvalue weighted by molar-refractivity contribution is 14.1. The van der Waals surface area contributed by atoms with Gasteiger partial charge in [0.25, 0.3) is 15.9 Å². The van der Waals surface area contributed by atoms with Gasteiger partial charge < -0.3 is 5.32 Å². The van der Waals surface area contributed by atoms with Crippen molar-refractivity contribution < 1.29 is 13.2 Å². The van der Waals surface area contributed by atoms with E-state index in [2.05, 4.69) is 37.6 Å². The largest absolute Gasteiger partial charge is 0.321 e. The van der Waals surface area contributed by atoms with Crippen molar-refractivity contribution in [2.24, 2.45) is 0 Å². The molecule has 0 fully saturated rings. The molecule has 0 atom stereocenters. The molecule has 3 aromatic rings. The molecular formula is C19H16IN3O3S. The number of hydrogen-bond acceptors (Lipinski definition) is 4. The quantitative estimate of drug-likeness (QED) is 0.526. The number of hydrogen-bond donors (Lipinski definition) is 2. The Labute approximate surface area is 171 Å². The number of amides is 1. The molecule has 3 rings (SSSR count). The summed E-state index contributed by atoms with van der Waals surface area (Å²) in [6.45, 7) is 1.70. The van der Waals surface area contributed by atoms with Crippen LogP contribution in [0.25, 0.3) is 0 Å². The van der Waals surface area contributed by atoms with Crippen LogP contribution in [0.15, 0.2) is 71.8 Å². The molecule has 0 aliphatic carbocycles. The SMILES string of the molecule is Cc1ccc(NC(=O)c2ccccn2)cc1S(=O)(=O)Nc1ccc(I)cc1.